The zero-order valence-corrected chi connectivity index (χ0v) is 14.2. The summed E-state index contributed by atoms with van der Waals surface area (Å²) in [5.41, 5.74) is 3.44. The van der Waals surface area contributed by atoms with Crippen molar-refractivity contribution < 1.29 is 14.6 Å². The molecule has 0 saturated heterocycles. The topological polar surface area (TPSA) is 49.8 Å². The van der Waals surface area contributed by atoms with Crippen molar-refractivity contribution >= 4 is 12.0 Å². The molecule has 0 fully saturated rings. The Morgan fingerprint density at radius 1 is 1.16 bits per heavy atom. The van der Waals surface area contributed by atoms with Crippen molar-refractivity contribution in [2.24, 2.45) is 0 Å². The maximum absolute atomic E-state index is 12.3. The van der Waals surface area contributed by atoms with Gasteiger partial charge in [-0.2, -0.15) is 0 Å². The second-order valence-electron chi connectivity index (χ2n) is 5.93. The van der Waals surface area contributed by atoms with Crippen LogP contribution in [0, 0.1) is 0 Å². The van der Waals surface area contributed by atoms with E-state index in [1.54, 1.807) is 30.4 Å². The molecule has 0 aromatic heterocycles. The van der Waals surface area contributed by atoms with Crippen LogP contribution in [0.1, 0.15) is 16.7 Å². The first-order chi connectivity index (χ1) is 12.2. The number of hydrogen-bond donors (Lipinski definition) is 1. The van der Waals surface area contributed by atoms with E-state index in [9.17, 15) is 9.90 Å². The minimum absolute atomic E-state index is 0.0161. The SMILES string of the molecule is COc1cc(/C=C/C=C/C(=O)N2CCc3ccccc3C2)ccc1O. The van der Waals surface area contributed by atoms with Gasteiger partial charge in [-0.3, -0.25) is 4.79 Å². The van der Waals surface area contributed by atoms with E-state index < -0.39 is 0 Å². The van der Waals surface area contributed by atoms with Gasteiger partial charge < -0.3 is 14.7 Å². The van der Waals surface area contributed by atoms with E-state index in [-0.39, 0.29) is 11.7 Å². The first-order valence-electron chi connectivity index (χ1n) is 8.25. The minimum Gasteiger partial charge on any atom is -0.504 e. The molecule has 128 valence electrons. The summed E-state index contributed by atoms with van der Waals surface area (Å²) < 4.78 is 5.08. The molecule has 2 aromatic rings. The van der Waals surface area contributed by atoms with E-state index in [4.69, 9.17) is 4.74 Å². The summed E-state index contributed by atoms with van der Waals surface area (Å²) in [6.45, 7) is 1.41. The van der Waals surface area contributed by atoms with Gasteiger partial charge >= 0.3 is 0 Å². The number of nitrogens with zero attached hydrogens (tertiary/aromatic N) is 1. The number of aromatic hydroxyl groups is 1. The third kappa shape index (κ3) is 4.10. The average molecular weight is 335 g/mol. The van der Waals surface area contributed by atoms with Crippen molar-refractivity contribution in [3.05, 3.63) is 77.4 Å². The van der Waals surface area contributed by atoms with Crippen molar-refractivity contribution in [3.8, 4) is 11.5 Å². The summed E-state index contributed by atoms with van der Waals surface area (Å²) in [4.78, 5) is 14.2. The van der Waals surface area contributed by atoms with Gasteiger partial charge in [-0.1, -0.05) is 48.6 Å². The maximum atomic E-state index is 12.3. The van der Waals surface area contributed by atoms with Crippen LogP contribution < -0.4 is 4.74 Å². The number of methoxy groups -OCH3 is 1. The molecule has 0 radical (unpaired) electrons. The predicted molar refractivity (Wildman–Crippen MR) is 98.4 cm³/mol. The summed E-state index contributed by atoms with van der Waals surface area (Å²) in [7, 11) is 1.51. The quantitative estimate of drug-likeness (QED) is 0.687. The number of fused-ring (bicyclic) bond motifs is 1. The lowest BCUT2D eigenvalue weighted by atomic mass is 10.00. The maximum Gasteiger partial charge on any atom is 0.246 e. The van der Waals surface area contributed by atoms with E-state index in [0.717, 1.165) is 18.5 Å². The molecule has 1 amide bonds. The largest absolute Gasteiger partial charge is 0.504 e. The fourth-order valence-corrected chi connectivity index (χ4v) is 2.89. The van der Waals surface area contributed by atoms with E-state index >= 15 is 0 Å². The average Bonchev–Trinajstić information content (AvgIpc) is 2.65. The Balaban J connectivity index is 1.60. The van der Waals surface area contributed by atoms with Gasteiger partial charge in [0.15, 0.2) is 11.5 Å². The van der Waals surface area contributed by atoms with E-state index in [1.807, 2.05) is 29.2 Å². The van der Waals surface area contributed by atoms with E-state index in [0.29, 0.717) is 12.3 Å². The molecule has 2 aromatic carbocycles. The molecule has 25 heavy (non-hydrogen) atoms. The number of carbonyl (C=O) groups excluding carboxylic acids is 1. The summed E-state index contributed by atoms with van der Waals surface area (Å²) in [5, 5.41) is 9.58. The molecule has 1 N–H and O–H groups in total. The first-order valence-corrected chi connectivity index (χ1v) is 8.25. The normalized spacial score (nSPS) is 14.0. The number of phenols is 1. The molecule has 4 nitrogen and oxygen atoms in total. The molecule has 3 rings (SSSR count). The minimum atomic E-state index is 0.0161. The molecule has 0 bridgehead atoms. The summed E-state index contributed by atoms with van der Waals surface area (Å²) in [6.07, 6.45) is 7.89. The van der Waals surface area contributed by atoms with Crippen LogP contribution in [0.3, 0.4) is 0 Å². The molecule has 0 unspecified atom stereocenters. The lowest BCUT2D eigenvalue weighted by Gasteiger charge is -2.27. The van der Waals surface area contributed by atoms with Crippen molar-refractivity contribution in [1.82, 2.24) is 4.90 Å². The van der Waals surface area contributed by atoms with Crippen molar-refractivity contribution in [2.75, 3.05) is 13.7 Å². The van der Waals surface area contributed by atoms with Crippen LogP contribution >= 0.6 is 0 Å². The Kier molecular flexibility index (Phi) is 5.19. The molecule has 0 saturated carbocycles. The van der Waals surface area contributed by atoms with Crippen molar-refractivity contribution in [3.63, 3.8) is 0 Å². The summed E-state index contributed by atoms with van der Waals surface area (Å²) in [5.74, 6) is 0.548. The van der Waals surface area contributed by atoms with Crippen LogP contribution in [0.5, 0.6) is 11.5 Å². The zero-order valence-electron chi connectivity index (χ0n) is 14.2. The van der Waals surface area contributed by atoms with Gasteiger partial charge in [0.2, 0.25) is 5.91 Å². The predicted octanol–water partition coefficient (Wildman–Crippen LogP) is 3.56. The number of carbonyl (C=O) groups is 1. The summed E-state index contributed by atoms with van der Waals surface area (Å²) >= 11 is 0. The van der Waals surface area contributed by atoms with Crippen molar-refractivity contribution in [2.45, 2.75) is 13.0 Å². The van der Waals surface area contributed by atoms with Crippen LogP contribution in [-0.2, 0) is 17.8 Å². The number of allylic oxidation sites excluding steroid dienone is 2. The highest BCUT2D eigenvalue weighted by Crippen LogP contribution is 2.26. The summed E-state index contributed by atoms with van der Waals surface area (Å²) in [6, 6.07) is 13.4. The van der Waals surface area contributed by atoms with Gasteiger partial charge in [-0.15, -0.1) is 0 Å². The first kappa shape index (κ1) is 16.8. The van der Waals surface area contributed by atoms with Gasteiger partial charge in [-0.25, -0.2) is 0 Å². The monoisotopic (exact) mass is 335 g/mol. The number of benzene rings is 2. The lowest BCUT2D eigenvalue weighted by molar-refractivity contribution is -0.126. The van der Waals surface area contributed by atoms with Gasteiger partial charge in [0.1, 0.15) is 0 Å². The Morgan fingerprint density at radius 3 is 2.76 bits per heavy atom. The molecule has 0 atom stereocenters. The molecular weight excluding hydrogens is 314 g/mol. The van der Waals surface area contributed by atoms with Crippen LogP contribution in [0.15, 0.2) is 60.7 Å². The lowest BCUT2D eigenvalue weighted by Crippen LogP contribution is -2.34. The smallest absolute Gasteiger partial charge is 0.246 e. The Morgan fingerprint density at radius 2 is 1.96 bits per heavy atom. The highest BCUT2D eigenvalue weighted by molar-refractivity contribution is 5.88. The molecule has 1 aliphatic heterocycles. The Bertz CT molecular complexity index is 824. The number of ether oxygens (including phenoxy) is 1. The second kappa shape index (κ2) is 7.71. The molecule has 0 spiro atoms. The Labute approximate surface area is 147 Å². The molecule has 4 heteroatoms. The molecular formula is C21H21NO3. The van der Waals surface area contributed by atoms with Crippen molar-refractivity contribution in [1.29, 1.82) is 0 Å². The standard InChI is InChI=1S/C21H21NO3/c1-25-20-14-16(10-11-19(20)23)6-2-5-9-21(24)22-13-12-17-7-3-4-8-18(17)15-22/h2-11,14,23H,12-13,15H2,1H3/b6-2+,9-5+. The number of rotatable bonds is 4. The van der Waals surface area contributed by atoms with Crippen LogP contribution in [-0.4, -0.2) is 29.6 Å². The van der Waals surface area contributed by atoms with Gasteiger partial charge in [0.05, 0.1) is 7.11 Å². The number of phenolic OH excluding ortho intramolecular Hbond substituents is 1. The van der Waals surface area contributed by atoms with Crippen LogP contribution in [0.25, 0.3) is 6.08 Å². The van der Waals surface area contributed by atoms with Crippen LogP contribution in [0.2, 0.25) is 0 Å². The van der Waals surface area contributed by atoms with Crippen LogP contribution in [0.4, 0.5) is 0 Å². The number of amides is 1. The zero-order chi connectivity index (χ0) is 17.6. The molecule has 0 aliphatic carbocycles. The third-order valence-electron chi connectivity index (χ3n) is 4.28. The fraction of sp³-hybridized carbons (Fsp3) is 0.190. The van der Waals surface area contributed by atoms with Gasteiger partial charge in [0, 0.05) is 19.2 Å². The van der Waals surface area contributed by atoms with E-state index in [1.165, 1.54) is 18.2 Å². The molecule has 1 heterocycles. The second-order valence-corrected chi connectivity index (χ2v) is 5.93. The highest BCUT2D eigenvalue weighted by atomic mass is 16.5. The van der Waals surface area contributed by atoms with E-state index in [2.05, 4.69) is 12.1 Å². The molecule has 1 aliphatic rings. The number of hydrogen-bond acceptors (Lipinski definition) is 3. The fourth-order valence-electron chi connectivity index (χ4n) is 2.89. The highest BCUT2D eigenvalue weighted by Gasteiger charge is 2.18. The third-order valence-corrected chi connectivity index (χ3v) is 4.28. The van der Waals surface area contributed by atoms with Gasteiger partial charge in [-0.05, 0) is 35.2 Å². The Hall–Kier alpha value is -3.01. The van der Waals surface area contributed by atoms with Gasteiger partial charge in [0.25, 0.3) is 0 Å².